The van der Waals surface area contributed by atoms with E-state index in [0.29, 0.717) is 10.7 Å². The van der Waals surface area contributed by atoms with Crippen LogP contribution in [0.2, 0.25) is 10.0 Å². The van der Waals surface area contributed by atoms with Gasteiger partial charge in [0.05, 0.1) is 10.7 Å². The van der Waals surface area contributed by atoms with Crippen LogP contribution in [-0.4, -0.2) is 17.0 Å². The summed E-state index contributed by atoms with van der Waals surface area (Å²) in [4.78, 5) is 23.3. The van der Waals surface area contributed by atoms with Crippen molar-refractivity contribution in [1.29, 1.82) is 0 Å². The van der Waals surface area contributed by atoms with Crippen molar-refractivity contribution in [2.45, 2.75) is 20.8 Å². The summed E-state index contributed by atoms with van der Waals surface area (Å²) in [7, 11) is 0. The second-order valence-corrected chi connectivity index (χ2v) is 6.09. The lowest BCUT2D eigenvalue weighted by Gasteiger charge is -2.26. The van der Waals surface area contributed by atoms with Gasteiger partial charge in [0, 0.05) is 5.02 Å². The van der Waals surface area contributed by atoms with Gasteiger partial charge in [0.15, 0.2) is 0 Å². The van der Waals surface area contributed by atoms with Crippen LogP contribution in [0.5, 0.6) is 0 Å². The monoisotopic (exact) mass is 303 g/mol. The van der Waals surface area contributed by atoms with Crippen molar-refractivity contribution < 1.29 is 14.7 Å². The summed E-state index contributed by atoms with van der Waals surface area (Å²) in [5.41, 5.74) is -0.360. The lowest BCUT2D eigenvalue weighted by Crippen LogP contribution is -2.39. The second-order valence-electron chi connectivity index (χ2n) is 5.25. The number of nitrogens with one attached hydrogen (secondary N) is 1. The molecule has 1 unspecified atom stereocenters. The van der Waals surface area contributed by atoms with Gasteiger partial charge >= 0.3 is 5.97 Å². The molecule has 4 nitrogen and oxygen atoms in total. The first kappa shape index (κ1) is 15.8. The molecule has 0 saturated heterocycles. The zero-order valence-corrected chi connectivity index (χ0v) is 12.3. The fraction of sp³-hybridized carbons (Fsp3) is 0.385. The van der Waals surface area contributed by atoms with Crippen LogP contribution in [-0.2, 0) is 9.59 Å². The van der Waals surface area contributed by atoms with E-state index in [0.717, 1.165) is 0 Å². The van der Waals surface area contributed by atoms with Gasteiger partial charge in [-0.15, -0.1) is 0 Å². The minimum atomic E-state index is -1.17. The minimum Gasteiger partial charge on any atom is -0.481 e. The Kier molecular flexibility index (Phi) is 4.82. The molecule has 19 heavy (non-hydrogen) atoms. The van der Waals surface area contributed by atoms with Crippen molar-refractivity contribution >= 4 is 40.8 Å². The molecule has 1 aromatic carbocycles. The van der Waals surface area contributed by atoms with Crippen LogP contribution in [0, 0.1) is 11.3 Å². The Morgan fingerprint density at radius 1 is 1.26 bits per heavy atom. The van der Waals surface area contributed by atoms with Crippen molar-refractivity contribution in [1.82, 2.24) is 0 Å². The average molecular weight is 304 g/mol. The molecule has 0 spiro atoms. The van der Waals surface area contributed by atoms with Crippen molar-refractivity contribution in [3.05, 3.63) is 28.2 Å². The van der Waals surface area contributed by atoms with E-state index in [4.69, 9.17) is 28.3 Å². The van der Waals surface area contributed by atoms with Gasteiger partial charge in [-0.3, -0.25) is 9.59 Å². The number of carbonyl (C=O) groups excluding carboxylic acids is 1. The van der Waals surface area contributed by atoms with Crippen LogP contribution in [0.3, 0.4) is 0 Å². The number of carboxylic acid groups (broad SMARTS) is 1. The standard InChI is InChI=1S/C13H15Cl2NO3/c1-13(2,3)10(12(18)19)11(17)16-9-5-4-7(14)6-8(9)15/h4-6,10H,1-3H3,(H,16,17)(H,18,19). The highest BCUT2D eigenvalue weighted by Gasteiger charge is 2.37. The number of benzene rings is 1. The SMILES string of the molecule is CC(C)(C)C(C(=O)O)C(=O)Nc1ccc(Cl)cc1Cl. The molecule has 0 aliphatic heterocycles. The van der Waals surface area contributed by atoms with Crippen molar-refractivity contribution in [2.24, 2.45) is 11.3 Å². The average Bonchev–Trinajstić information content (AvgIpc) is 2.19. The van der Waals surface area contributed by atoms with E-state index in [9.17, 15) is 9.59 Å². The molecule has 1 atom stereocenters. The molecular formula is C13H15Cl2NO3. The molecular weight excluding hydrogens is 289 g/mol. The molecule has 0 radical (unpaired) electrons. The van der Waals surface area contributed by atoms with Gasteiger partial charge in [-0.25, -0.2) is 0 Å². The maximum atomic E-state index is 12.1. The zero-order valence-electron chi connectivity index (χ0n) is 10.8. The van der Waals surface area contributed by atoms with Gasteiger partial charge in [0.25, 0.3) is 0 Å². The van der Waals surface area contributed by atoms with E-state index >= 15 is 0 Å². The van der Waals surface area contributed by atoms with E-state index in [1.165, 1.54) is 12.1 Å². The van der Waals surface area contributed by atoms with Gasteiger partial charge in [-0.2, -0.15) is 0 Å². The van der Waals surface area contributed by atoms with E-state index in [1.807, 2.05) is 0 Å². The predicted octanol–water partition coefficient (Wildman–Crippen LogP) is 3.68. The summed E-state index contributed by atoms with van der Waals surface area (Å²) < 4.78 is 0. The number of anilines is 1. The third-order valence-corrected chi connectivity index (χ3v) is 3.11. The number of halogens is 2. The van der Waals surface area contributed by atoms with Gasteiger partial charge in [-0.05, 0) is 23.6 Å². The lowest BCUT2D eigenvalue weighted by molar-refractivity contribution is -0.149. The molecule has 104 valence electrons. The summed E-state index contributed by atoms with van der Waals surface area (Å²) in [6.45, 7) is 5.07. The molecule has 1 aromatic rings. The first-order chi connectivity index (χ1) is 8.62. The highest BCUT2D eigenvalue weighted by atomic mass is 35.5. The number of rotatable bonds is 3. The van der Waals surface area contributed by atoms with Crippen LogP contribution < -0.4 is 5.32 Å². The molecule has 0 fully saturated rings. The topological polar surface area (TPSA) is 66.4 Å². The summed E-state index contributed by atoms with van der Waals surface area (Å²) in [6, 6.07) is 4.58. The molecule has 0 saturated carbocycles. The van der Waals surface area contributed by atoms with E-state index in [1.54, 1.807) is 26.8 Å². The molecule has 0 heterocycles. The Balaban J connectivity index is 2.97. The molecule has 0 aliphatic rings. The number of amides is 1. The summed E-state index contributed by atoms with van der Waals surface area (Å²) >= 11 is 11.7. The number of hydrogen-bond acceptors (Lipinski definition) is 2. The van der Waals surface area contributed by atoms with E-state index in [-0.39, 0.29) is 5.02 Å². The maximum absolute atomic E-state index is 12.1. The summed E-state index contributed by atoms with van der Waals surface area (Å²) in [5, 5.41) is 12.4. The summed E-state index contributed by atoms with van der Waals surface area (Å²) in [5.74, 6) is -2.95. The number of aliphatic carboxylic acids is 1. The van der Waals surface area contributed by atoms with Gasteiger partial charge in [0.2, 0.25) is 5.91 Å². The largest absolute Gasteiger partial charge is 0.481 e. The van der Waals surface area contributed by atoms with Crippen LogP contribution in [0.1, 0.15) is 20.8 Å². The maximum Gasteiger partial charge on any atom is 0.316 e. The highest BCUT2D eigenvalue weighted by Crippen LogP contribution is 2.30. The highest BCUT2D eigenvalue weighted by molar-refractivity contribution is 6.36. The lowest BCUT2D eigenvalue weighted by atomic mass is 9.80. The molecule has 0 bridgehead atoms. The van der Waals surface area contributed by atoms with Crippen LogP contribution in [0.25, 0.3) is 0 Å². The number of hydrogen-bond donors (Lipinski definition) is 2. The first-order valence-corrected chi connectivity index (χ1v) is 6.37. The fourth-order valence-electron chi connectivity index (χ4n) is 1.67. The predicted molar refractivity (Wildman–Crippen MR) is 75.7 cm³/mol. The van der Waals surface area contributed by atoms with Crippen LogP contribution in [0.4, 0.5) is 5.69 Å². The molecule has 6 heteroatoms. The summed E-state index contributed by atoms with van der Waals surface area (Å²) in [6.07, 6.45) is 0. The smallest absolute Gasteiger partial charge is 0.316 e. The Morgan fingerprint density at radius 2 is 1.84 bits per heavy atom. The Bertz CT molecular complexity index is 509. The fourth-order valence-corrected chi connectivity index (χ4v) is 2.13. The third kappa shape index (κ3) is 4.11. The van der Waals surface area contributed by atoms with Crippen LogP contribution in [0.15, 0.2) is 18.2 Å². The second kappa shape index (κ2) is 5.80. The van der Waals surface area contributed by atoms with Crippen molar-refractivity contribution in [3.8, 4) is 0 Å². The molecule has 2 N–H and O–H groups in total. The first-order valence-electron chi connectivity index (χ1n) is 5.61. The Labute approximate surface area is 121 Å². The molecule has 0 aromatic heterocycles. The van der Waals surface area contributed by atoms with Crippen molar-refractivity contribution in [2.75, 3.05) is 5.32 Å². The number of carboxylic acids is 1. The van der Waals surface area contributed by atoms with Gasteiger partial charge in [-0.1, -0.05) is 44.0 Å². The normalized spacial score (nSPS) is 12.9. The molecule has 0 aliphatic carbocycles. The Hall–Kier alpha value is -1.26. The molecule has 1 amide bonds. The van der Waals surface area contributed by atoms with Crippen molar-refractivity contribution in [3.63, 3.8) is 0 Å². The van der Waals surface area contributed by atoms with E-state index in [2.05, 4.69) is 5.32 Å². The quantitative estimate of drug-likeness (QED) is 0.837. The molecule has 1 rings (SSSR count). The number of carbonyl (C=O) groups is 2. The van der Waals surface area contributed by atoms with Crippen LogP contribution >= 0.6 is 23.2 Å². The zero-order chi connectivity index (χ0) is 14.8. The third-order valence-electron chi connectivity index (χ3n) is 2.56. The van der Waals surface area contributed by atoms with E-state index < -0.39 is 23.2 Å². The Morgan fingerprint density at radius 3 is 2.26 bits per heavy atom. The van der Waals surface area contributed by atoms with Gasteiger partial charge < -0.3 is 10.4 Å². The minimum absolute atomic E-state index is 0.263. The van der Waals surface area contributed by atoms with Gasteiger partial charge in [0.1, 0.15) is 5.92 Å².